The largest absolute Gasteiger partial charge is 0.343 e. The van der Waals surface area contributed by atoms with Gasteiger partial charge in [-0.25, -0.2) is 13.8 Å². The third-order valence-corrected chi connectivity index (χ3v) is 5.00. The van der Waals surface area contributed by atoms with Crippen LogP contribution in [0, 0.1) is 17.6 Å². The number of hydrogen-bond donors (Lipinski definition) is 2. The van der Waals surface area contributed by atoms with Crippen molar-refractivity contribution in [3.8, 4) is 0 Å². The van der Waals surface area contributed by atoms with Crippen LogP contribution >= 0.6 is 11.6 Å². The van der Waals surface area contributed by atoms with E-state index in [0.717, 1.165) is 12.1 Å². The zero-order chi connectivity index (χ0) is 21.7. The second-order valence-electron chi connectivity index (χ2n) is 6.81. The van der Waals surface area contributed by atoms with Crippen LogP contribution in [0.25, 0.3) is 0 Å². The highest BCUT2D eigenvalue weighted by atomic mass is 35.5. The van der Waals surface area contributed by atoms with Crippen molar-refractivity contribution in [2.75, 3.05) is 25.0 Å². The van der Waals surface area contributed by atoms with Gasteiger partial charge in [-0.2, -0.15) is 0 Å². The molecule has 2 N–H and O–H groups in total. The Balaban J connectivity index is 1.45. The van der Waals surface area contributed by atoms with Crippen LogP contribution in [0.4, 0.5) is 14.6 Å². The number of halogens is 3. The van der Waals surface area contributed by atoms with Gasteiger partial charge in [-0.1, -0.05) is 11.6 Å². The van der Waals surface area contributed by atoms with E-state index in [0.29, 0.717) is 42.8 Å². The summed E-state index contributed by atoms with van der Waals surface area (Å²) in [7, 11) is 0. The van der Waals surface area contributed by atoms with Crippen molar-refractivity contribution in [3.05, 3.63) is 58.7 Å². The molecule has 0 radical (unpaired) electrons. The average Bonchev–Trinajstić information content (AvgIpc) is 2.73. The minimum Gasteiger partial charge on any atom is -0.343 e. The van der Waals surface area contributed by atoms with E-state index in [1.54, 1.807) is 12.1 Å². The summed E-state index contributed by atoms with van der Waals surface area (Å²) >= 11 is 5.76. The number of benzene rings is 1. The van der Waals surface area contributed by atoms with Gasteiger partial charge in [0.25, 0.3) is 5.91 Å². The molecule has 2 heterocycles. The number of nitrogens with one attached hydrogen (secondary N) is 2. The Kier molecular flexibility index (Phi) is 6.94. The van der Waals surface area contributed by atoms with E-state index in [9.17, 15) is 23.2 Å². The minimum absolute atomic E-state index is 0.183. The van der Waals surface area contributed by atoms with Gasteiger partial charge in [0.05, 0.1) is 17.1 Å². The summed E-state index contributed by atoms with van der Waals surface area (Å²) in [4.78, 5) is 42.2. The Morgan fingerprint density at radius 2 is 1.87 bits per heavy atom. The van der Waals surface area contributed by atoms with Crippen molar-refractivity contribution in [2.24, 2.45) is 5.92 Å². The van der Waals surface area contributed by atoms with Crippen molar-refractivity contribution in [3.63, 3.8) is 0 Å². The number of likely N-dealkylation sites (tertiary alicyclic amines) is 1. The highest BCUT2D eigenvalue weighted by Gasteiger charge is 2.27. The number of rotatable bonds is 5. The van der Waals surface area contributed by atoms with Gasteiger partial charge < -0.3 is 15.5 Å². The smallest absolute Gasteiger partial charge is 0.254 e. The quantitative estimate of drug-likeness (QED) is 0.753. The molecule has 0 bridgehead atoms. The molecule has 1 fully saturated rings. The molecule has 3 amide bonds. The van der Waals surface area contributed by atoms with Gasteiger partial charge in [-0.15, -0.1) is 0 Å². The van der Waals surface area contributed by atoms with E-state index in [4.69, 9.17) is 11.6 Å². The van der Waals surface area contributed by atoms with Gasteiger partial charge in [0, 0.05) is 31.3 Å². The van der Waals surface area contributed by atoms with Crippen LogP contribution in [-0.2, 0) is 9.59 Å². The van der Waals surface area contributed by atoms with Crippen molar-refractivity contribution in [2.45, 2.75) is 12.8 Å². The number of carbonyl (C=O) groups excluding carboxylic acids is 3. The van der Waals surface area contributed by atoms with E-state index in [-0.39, 0.29) is 29.8 Å². The summed E-state index contributed by atoms with van der Waals surface area (Å²) in [6.07, 6.45) is 2.36. The first-order chi connectivity index (χ1) is 14.3. The molecular formula is C20H19ClF2N4O3. The molecule has 0 spiro atoms. The molecular weight excluding hydrogens is 418 g/mol. The Labute approximate surface area is 176 Å². The van der Waals surface area contributed by atoms with Crippen LogP contribution in [0.5, 0.6) is 0 Å². The summed E-state index contributed by atoms with van der Waals surface area (Å²) in [5.41, 5.74) is -0.338. The molecule has 0 unspecified atom stereocenters. The Morgan fingerprint density at radius 1 is 1.13 bits per heavy atom. The number of anilines is 1. The van der Waals surface area contributed by atoms with Crippen molar-refractivity contribution >= 4 is 35.1 Å². The number of aromatic nitrogens is 1. The van der Waals surface area contributed by atoms with E-state index >= 15 is 0 Å². The standard InChI is InChI=1S/C20H19ClF2N4O3/c21-13-1-4-17(24-10-13)26-19(29)12-5-7-27(8-6-12)18(28)11-25-20(30)15-3-2-14(22)9-16(15)23/h1-4,9-10,12H,5-8,11H2,(H,25,30)(H,24,26,29). The number of hydrogen-bond acceptors (Lipinski definition) is 4. The molecule has 1 aromatic carbocycles. The third kappa shape index (κ3) is 5.50. The zero-order valence-corrected chi connectivity index (χ0v) is 16.6. The molecule has 2 aromatic rings. The molecule has 158 valence electrons. The predicted molar refractivity (Wildman–Crippen MR) is 106 cm³/mol. The molecule has 30 heavy (non-hydrogen) atoms. The number of nitrogens with zero attached hydrogens (tertiary/aromatic N) is 2. The Bertz CT molecular complexity index is 948. The maximum Gasteiger partial charge on any atom is 0.254 e. The lowest BCUT2D eigenvalue weighted by Gasteiger charge is -2.31. The number of piperidine rings is 1. The van der Waals surface area contributed by atoms with Gasteiger partial charge in [0.1, 0.15) is 17.5 Å². The minimum atomic E-state index is -0.998. The highest BCUT2D eigenvalue weighted by Crippen LogP contribution is 2.19. The molecule has 0 saturated carbocycles. The van der Waals surface area contributed by atoms with E-state index in [1.807, 2.05) is 0 Å². The fourth-order valence-electron chi connectivity index (χ4n) is 3.11. The summed E-state index contributed by atoms with van der Waals surface area (Å²) in [5.74, 6) is -2.99. The van der Waals surface area contributed by atoms with Gasteiger partial charge in [0.2, 0.25) is 11.8 Å². The first kappa shape index (κ1) is 21.6. The van der Waals surface area contributed by atoms with E-state index in [2.05, 4.69) is 15.6 Å². The van der Waals surface area contributed by atoms with E-state index < -0.39 is 17.5 Å². The molecule has 1 aromatic heterocycles. The fourth-order valence-corrected chi connectivity index (χ4v) is 3.22. The maximum atomic E-state index is 13.6. The van der Waals surface area contributed by atoms with Crippen LogP contribution in [0.1, 0.15) is 23.2 Å². The molecule has 7 nitrogen and oxygen atoms in total. The molecule has 10 heteroatoms. The molecule has 1 saturated heterocycles. The fraction of sp³-hybridized carbons (Fsp3) is 0.300. The van der Waals surface area contributed by atoms with E-state index in [1.165, 1.54) is 11.1 Å². The van der Waals surface area contributed by atoms with Crippen molar-refractivity contribution < 1.29 is 23.2 Å². The van der Waals surface area contributed by atoms with Crippen molar-refractivity contribution in [1.82, 2.24) is 15.2 Å². The van der Waals surface area contributed by atoms with Gasteiger partial charge in [-0.3, -0.25) is 14.4 Å². The van der Waals surface area contributed by atoms with Gasteiger partial charge in [-0.05, 0) is 37.1 Å². The van der Waals surface area contributed by atoms with Crippen LogP contribution in [0.3, 0.4) is 0 Å². The second-order valence-corrected chi connectivity index (χ2v) is 7.25. The maximum absolute atomic E-state index is 13.6. The number of amides is 3. The lowest BCUT2D eigenvalue weighted by atomic mass is 9.96. The summed E-state index contributed by atoms with van der Waals surface area (Å²) in [5, 5.41) is 5.52. The number of pyridine rings is 1. The van der Waals surface area contributed by atoms with Gasteiger partial charge >= 0.3 is 0 Å². The van der Waals surface area contributed by atoms with Crippen LogP contribution in [-0.4, -0.2) is 47.2 Å². The van der Waals surface area contributed by atoms with Crippen molar-refractivity contribution in [1.29, 1.82) is 0 Å². The third-order valence-electron chi connectivity index (χ3n) is 4.77. The molecule has 0 aliphatic carbocycles. The van der Waals surface area contributed by atoms with Crippen LogP contribution in [0.15, 0.2) is 36.5 Å². The summed E-state index contributed by atoms with van der Waals surface area (Å²) < 4.78 is 26.6. The summed E-state index contributed by atoms with van der Waals surface area (Å²) in [6, 6.07) is 5.81. The molecule has 1 aliphatic heterocycles. The van der Waals surface area contributed by atoms with Gasteiger partial charge in [0.15, 0.2) is 0 Å². The zero-order valence-electron chi connectivity index (χ0n) is 15.8. The molecule has 1 aliphatic rings. The normalized spacial score (nSPS) is 14.3. The molecule has 0 atom stereocenters. The van der Waals surface area contributed by atoms with Crippen LogP contribution < -0.4 is 10.6 Å². The Hall–Kier alpha value is -3.07. The second kappa shape index (κ2) is 9.62. The topological polar surface area (TPSA) is 91.4 Å². The predicted octanol–water partition coefficient (Wildman–Crippen LogP) is 2.62. The average molecular weight is 437 g/mol. The first-order valence-electron chi connectivity index (χ1n) is 9.27. The lowest BCUT2D eigenvalue weighted by molar-refractivity contribution is -0.133. The number of carbonyl (C=O) groups is 3. The summed E-state index contributed by atoms with van der Waals surface area (Å²) in [6.45, 7) is 0.388. The SMILES string of the molecule is O=C(NCC(=O)N1CCC(C(=O)Nc2ccc(Cl)cn2)CC1)c1ccc(F)cc1F. The highest BCUT2D eigenvalue weighted by molar-refractivity contribution is 6.30. The van der Waals surface area contributed by atoms with Crippen LogP contribution in [0.2, 0.25) is 5.02 Å². The Morgan fingerprint density at radius 3 is 2.50 bits per heavy atom. The first-order valence-corrected chi connectivity index (χ1v) is 9.64. The molecule has 3 rings (SSSR count). The monoisotopic (exact) mass is 436 g/mol. The lowest BCUT2D eigenvalue weighted by Crippen LogP contribution is -2.45.